The van der Waals surface area contributed by atoms with E-state index in [9.17, 15) is 9.59 Å². The van der Waals surface area contributed by atoms with Crippen LogP contribution in [0.2, 0.25) is 0 Å². The molecule has 0 fully saturated rings. The number of allylic oxidation sites excluding steroid dienone is 1. The summed E-state index contributed by atoms with van der Waals surface area (Å²) in [5.74, 6) is -0.202. The minimum atomic E-state index is -0.202. The van der Waals surface area contributed by atoms with Crippen LogP contribution in [0, 0.1) is 5.41 Å². The van der Waals surface area contributed by atoms with E-state index in [2.05, 4.69) is 5.32 Å². The van der Waals surface area contributed by atoms with Crippen molar-refractivity contribution in [1.82, 2.24) is 4.57 Å². The Hall–Kier alpha value is -4.45. The highest BCUT2D eigenvalue weighted by molar-refractivity contribution is 6.09. The van der Waals surface area contributed by atoms with Gasteiger partial charge in [-0.15, -0.1) is 0 Å². The van der Waals surface area contributed by atoms with Crippen molar-refractivity contribution < 1.29 is 4.79 Å². The summed E-state index contributed by atoms with van der Waals surface area (Å²) in [7, 11) is 0. The average molecular weight is 422 g/mol. The molecule has 6 heteroatoms. The smallest absolute Gasteiger partial charge is 0.258 e. The van der Waals surface area contributed by atoms with Crippen LogP contribution in [0.1, 0.15) is 21.5 Å². The summed E-state index contributed by atoms with van der Waals surface area (Å²) in [5, 5.41) is 11.7. The highest BCUT2D eigenvalue weighted by Crippen LogP contribution is 2.18. The number of nitrogens with one attached hydrogen (secondary N) is 2. The number of nitrogens with two attached hydrogens (primary N) is 1. The van der Waals surface area contributed by atoms with Crippen molar-refractivity contribution in [1.29, 1.82) is 5.41 Å². The first-order valence-corrected chi connectivity index (χ1v) is 10.1. The van der Waals surface area contributed by atoms with Gasteiger partial charge in [-0.3, -0.25) is 9.59 Å². The molecule has 4 N–H and O–H groups in total. The van der Waals surface area contributed by atoms with Crippen molar-refractivity contribution in [2.75, 3.05) is 5.32 Å². The first-order chi connectivity index (χ1) is 15.6. The van der Waals surface area contributed by atoms with Crippen molar-refractivity contribution in [3.8, 4) is 0 Å². The predicted molar refractivity (Wildman–Crippen MR) is 129 cm³/mol. The number of amides is 1. The van der Waals surface area contributed by atoms with Gasteiger partial charge in [-0.25, -0.2) is 0 Å². The number of anilines is 1. The number of fused-ring (bicyclic) bond motifs is 1. The fraction of sp³-hybridized carbons (Fsp3) is 0.0385. The normalized spacial score (nSPS) is 11.3. The third kappa shape index (κ3) is 4.34. The maximum Gasteiger partial charge on any atom is 0.258 e. The lowest BCUT2D eigenvalue weighted by molar-refractivity contribution is 0.102. The first kappa shape index (κ1) is 20.8. The molecular weight excluding hydrogens is 400 g/mol. The number of nitrogens with zero attached hydrogens (tertiary/aromatic N) is 1. The molecule has 6 nitrogen and oxygen atoms in total. The molecule has 0 aliphatic rings. The van der Waals surface area contributed by atoms with Gasteiger partial charge in [0.25, 0.3) is 11.5 Å². The van der Waals surface area contributed by atoms with Crippen LogP contribution >= 0.6 is 0 Å². The highest BCUT2D eigenvalue weighted by Gasteiger charge is 2.09. The van der Waals surface area contributed by atoms with E-state index >= 15 is 0 Å². The Kier molecular flexibility index (Phi) is 5.94. The van der Waals surface area contributed by atoms with Gasteiger partial charge in [0.15, 0.2) is 0 Å². The summed E-state index contributed by atoms with van der Waals surface area (Å²) in [5.41, 5.74) is 8.91. The molecule has 32 heavy (non-hydrogen) atoms. The Balaban J connectivity index is 1.59. The molecule has 0 aliphatic carbocycles. The van der Waals surface area contributed by atoms with Crippen molar-refractivity contribution in [2.45, 2.75) is 6.54 Å². The van der Waals surface area contributed by atoms with Crippen LogP contribution in [-0.2, 0) is 6.54 Å². The molecule has 4 aromatic rings. The third-order valence-corrected chi connectivity index (χ3v) is 5.22. The molecule has 158 valence electrons. The van der Waals surface area contributed by atoms with Crippen LogP contribution in [0.25, 0.3) is 16.3 Å². The lowest BCUT2D eigenvalue weighted by Crippen LogP contribution is -2.20. The summed E-state index contributed by atoms with van der Waals surface area (Å²) >= 11 is 0. The molecule has 0 saturated carbocycles. The number of hydrogen-bond donors (Lipinski definition) is 3. The Morgan fingerprint density at radius 3 is 2.53 bits per heavy atom. The third-order valence-electron chi connectivity index (χ3n) is 5.22. The second-order valence-corrected chi connectivity index (χ2v) is 7.34. The predicted octanol–water partition coefficient (Wildman–Crippen LogP) is 4.25. The maximum absolute atomic E-state index is 13.0. The van der Waals surface area contributed by atoms with Gasteiger partial charge in [-0.2, -0.15) is 0 Å². The van der Waals surface area contributed by atoms with Gasteiger partial charge < -0.3 is 21.0 Å². The number of benzene rings is 3. The largest absolute Gasteiger partial charge is 0.404 e. The van der Waals surface area contributed by atoms with Crippen molar-refractivity contribution in [3.63, 3.8) is 0 Å². The zero-order chi connectivity index (χ0) is 22.5. The molecule has 0 saturated heterocycles. The molecule has 4 rings (SSSR count). The second-order valence-electron chi connectivity index (χ2n) is 7.34. The van der Waals surface area contributed by atoms with E-state index in [-0.39, 0.29) is 11.5 Å². The van der Waals surface area contributed by atoms with Gasteiger partial charge >= 0.3 is 0 Å². The molecule has 3 aromatic carbocycles. The minimum absolute atomic E-state index is 0.124. The van der Waals surface area contributed by atoms with E-state index in [1.54, 1.807) is 35.0 Å². The number of carbonyl (C=O) groups is 1. The standard InChI is InChI=1S/C26H22N4O2/c27-15-22(16-28)19-9-10-24-20(14-19)11-12-30(26(24)32)17-18-5-4-6-21(13-18)25(31)29-23-7-2-1-3-8-23/h1-16,27H,17,28H2,(H,29,31)/b22-16+,27-15?. The average Bonchev–Trinajstić information content (AvgIpc) is 2.82. The Morgan fingerprint density at radius 1 is 0.969 bits per heavy atom. The van der Waals surface area contributed by atoms with Gasteiger partial charge in [0.05, 0.1) is 6.54 Å². The van der Waals surface area contributed by atoms with E-state index in [0.29, 0.717) is 23.1 Å². The van der Waals surface area contributed by atoms with Crippen molar-refractivity contribution in [2.24, 2.45) is 5.73 Å². The van der Waals surface area contributed by atoms with E-state index in [1.165, 1.54) is 12.4 Å². The molecule has 0 radical (unpaired) electrons. The molecular formula is C26H22N4O2. The fourth-order valence-corrected chi connectivity index (χ4v) is 3.55. The summed E-state index contributed by atoms with van der Waals surface area (Å²) < 4.78 is 1.62. The van der Waals surface area contributed by atoms with Crippen molar-refractivity contribution >= 4 is 34.2 Å². The fourth-order valence-electron chi connectivity index (χ4n) is 3.55. The highest BCUT2D eigenvalue weighted by atomic mass is 16.1. The number of hydrogen-bond acceptors (Lipinski definition) is 4. The lowest BCUT2D eigenvalue weighted by atomic mass is 10.0. The molecule has 1 aromatic heterocycles. The van der Waals surface area contributed by atoms with Gasteiger partial charge in [-0.1, -0.05) is 36.4 Å². The number of aromatic nitrogens is 1. The topological polar surface area (TPSA) is 101 Å². The van der Waals surface area contributed by atoms with Crippen LogP contribution in [0.4, 0.5) is 5.69 Å². The van der Waals surface area contributed by atoms with Crippen LogP contribution in [0.15, 0.2) is 96.1 Å². The number of pyridine rings is 1. The van der Waals surface area contributed by atoms with Crippen LogP contribution in [-0.4, -0.2) is 16.7 Å². The Bertz CT molecular complexity index is 1390. The number of carbonyl (C=O) groups excluding carboxylic acids is 1. The first-order valence-electron chi connectivity index (χ1n) is 10.1. The van der Waals surface area contributed by atoms with Gasteiger partial charge in [0, 0.05) is 40.8 Å². The van der Waals surface area contributed by atoms with Crippen LogP contribution < -0.4 is 16.6 Å². The summed E-state index contributed by atoms with van der Waals surface area (Å²) in [4.78, 5) is 25.6. The van der Waals surface area contributed by atoms with E-state index in [0.717, 1.165) is 22.2 Å². The summed E-state index contributed by atoms with van der Waals surface area (Å²) in [6.07, 6.45) is 4.29. The maximum atomic E-state index is 13.0. The van der Waals surface area contributed by atoms with E-state index < -0.39 is 0 Å². The van der Waals surface area contributed by atoms with E-state index in [1.807, 2.05) is 54.6 Å². The minimum Gasteiger partial charge on any atom is -0.404 e. The quantitative estimate of drug-likeness (QED) is 0.405. The Morgan fingerprint density at radius 2 is 1.78 bits per heavy atom. The second kappa shape index (κ2) is 9.14. The number of rotatable bonds is 6. The van der Waals surface area contributed by atoms with Gasteiger partial charge in [-0.05, 0) is 59.0 Å². The van der Waals surface area contributed by atoms with Crippen LogP contribution in [0.3, 0.4) is 0 Å². The van der Waals surface area contributed by atoms with Crippen LogP contribution in [0.5, 0.6) is 0 Å². The molecule has 0 aliphatic heterocycles. The van der Waals surface area contributed by atoms with Gasteiger partial charge in [0.1, 0.15) is 0 Å². The number of para-hydroxylation sites is 1. The molecule has 0 bridgehead atoms. The SMILES string of the molecule is N=C/C(=C\N)c1ccc2c(=O)n(Cc3cccc(C(=O)Nc4ccccc4)c3)ccc2c1. The molecule has 1 amide bonds. The molecule has 0 unspecified atom stereocenters. The molecule has 0 atom stereocenters. The zero-order valence-corrected chi connectivity index (χ0v) is 17.3. The summed E-state index contributed by atoms with van der Waals surface area (Å²) in [6, 6.07) is 23.8. The molecule has 0 spiro atoms. The molecule has 1 heterocycles. The monoisotopic (exact) mass is 422 g/mol. The van der Waals surface area contributed by atoms with Crippen molar-refractivity contribution in [3.05, 3.63) is 118 Å². The zero-order valence-electron chi connectivity index (χ0n) is 17.3. The van der Waals surface area contributed by atoms with Gasteiger partial charge in [0.2, 0.25) is 0 Å². The Labute approximate surface area is 185 Å². The van der Waals surface area contributed by atoms with E-state index in [4.69, 9.17) is 11.1 Å². The lowest BCUT2D eigenvalue weighted by Gasteiger charge is -2.10. The summed E-state index contributed by atoms with van der Waals surface area (Å²) in [6.45, 7) is 0.345.